The number of fused-ring (bicyclic) bond motifs is 1. The van der Waals surface area contributed by atoms with Crippen molar-refractivity contribution >= 4 is 16.9 Å². The van der Waals surface area contributed by atoms with Gasteiger partial charge in [-0.2, -0.15) is 0 Å². The van der Waals surface area contributed by atoms with E-state index in [1.807, 2.05) is 24.3 Å². The number of carbonyl (C=O) groups is 1. The molecule has 0 saturated carbocycles. The van der Waals surface area contributed by atoms with Gasteiger partial charge in [-0.05, 0) is 12.0 Å². The van der Waals surface area contributed by atoms with Crippen LogP contribution in [0.1, 0.15) is 25.5 Å². The van der Waals surface area contributed by atoms with Crippen LogP contribution >= 0.6 is 0 Å². The standard InChI is InChI=1S/C15H17NO3/c1-9(2)12(15(18)19)14(17)11-7-3-5-10-6-4-8-16-13(10)11/h3-9,12,14,17H,1-2H3,(H,18,19). The quantitative estimate of drug-likeness (QED) is 0.885. The first-order chi connectivity index (χ1) is 9.02. The van der Waals surface area contributed by atoms with Crippen molar-refractivity contribution in [2.24, 2.45) is 11.8 Å². The molecule has 1 aromatic carbocycles. The van der Waals surface area contributed by atoms with Crippen LogP contribution < -0.4 is 0 Å². The first-order valence-electron chi connectivity index (χ1n) is 6.27. The molecule has 0 radical (unpaired) electrons. The Morgan fingerprint density at radius 2 is 1.89 bits per heavy atom. The Hall–Kier alpha value is -1.94. The largest absolute Gasteiger partial charge is 0.481 e. The van der Waals surface area contributed by atoms with Gasteiger partial charge in [0.1, 0.15) is 0 Å². The van der Waals surface area contributed by atoms with Crippen molar-refractivity contribution in [2.75, 3.05) is 0 Å². The van der Waals surface area contributed by atoms with E-state index in [1.165, 1.54) is 0 Å². The van der Waals surface area contributed by atoms with Crippen LogP contribution in [0.2, 0.25) is 0 Å². The fourth-order valence-electron chi connectivity index (χ4n) is 2.34. The number of hydrogen-bond acceptors (Lipinski definition) is 3. The zero-order chi connectivity index (χ0) is 14.0. The molecule has 0 aliphatic rings. The molecule has 2 atom stereocenters. The van der Waals surface area contributed by atoms with E-state index in [2.05, 4.69) is 4.98 Å². The fraction of sp³-hybridized carbons (Fsp3) is 0.333. The Kier molecular flexibility index (Phi) is 3.81. The molecule has 2 rings (SSSR count). The fourth-order valence-corrected chi connectivity index (χ4v) is 2.34. The molecule has 0 amide bonds. The van der Waals surface area contributed by atoms with Crippen molar-refractivity contribution in [3.63, 3.8) is 0 Å². The highest BCUT2D eigenvalue weighted by Crippen LogP contribution is 2.31. The van der Waals surface area contributed by atoms with Gasteiger partial charge in [-0.25, -0.2) is 0 Å². The molecule has 1 heterocycles. The highest BCUT2D eigenvalue weighted by Gasteiger charge is 2.31. The van der Waals surface area contributed by atoms with Gasteiger partial charge in [-0.3, -0.25) is 9.78 Å². The van der Waals surface area contributed by atoms with Crippen molar-refractivity contribution in [2.45, 2.75) is 20.0 Å². The number of carboxylic acids is 1. The Morgan fingerprint density at radius 3 is 2.53 bits per heavy atom. The molecule has 2 unspecified atom stereocenters. The molecule has 2 aromatic rings. The zero-order valence-electron chi connectivity index (χ0n) is 10.9. The second-order valence-corrected chi connectivity index (χ2v) is 4.98. The number of rotatable bonds is 4. The van der Waals surface area contributed by atoms with E-state index in [1.54, 1.807) is 26.1 Å². The smallest absolute Gasteiger partial charge is 0.309 e. The third-order valence-electron chi connectivity index (χ3n) is 3.33. The summed E-state index contributed by atoms with van der Waals surface area (Å²) in [5.41, 5.74) is 1.23. The van der Waals surface area contributed by atoms with Crippen LogP contribution in [0.5, 0.6) is 0 Å². The Labute approximate surface area is 111 Å². The summed E-state index contributed by atoms with van der Waals surface area (Å²) in [5, 5.41) is 20.6. The van der Waals surface area contributed by atoms with E-state index in [-0.39, 0.29) is 5.92 Å². The van der Waals surface area contributed by atoms with E-state index in [4.69, 9.17) is 0 Å². The second kappa shape index (κ2) is 5.36. The third kappa shape index (κ3) is 2.58. The van der Waals surface area contributed by atoms with Gasteiger partial charge in [0.25, 0.3) is 0 Å². The van der Waals surface area contributed by atoms with Crippen LogP contribution in [0.15, 0.2) is 36.5 Å². The predicted molar refractivity (Wildman–Crippen MR) is 72.7 cm³/mol. The van der Waals surface area contributed by atoms with Crippen molar-refractivity contribution in [1.82, 2.24) is 4.98 Å². The molecule has 100 valence electrons. The first kappa shape index (κ1) is 13.5. The van der Waals surface area contributed by atoms with Gasteiger partial charge in [0.15, 0.2) is 0 Å². The average molecular weight is 259 g/mol. The summed E-state index contributed by atoms with van der Waals surface area (Å²) in [5.74, 6) is -1.99. The summed E-state index contributed by atoms with van der Waals surface area (Å²) in [6.07, 6.45) is 0.583. The zero-order valence-corrected chi connectivity index (χ0v) is 10.9. The highest BCUT2D eigenvalue weighted by atomic mass is 16.4. The lowest BCUT2D eigenvalue weighted by atomic mass is 9.86. The summed E-state index contributed by atoms with van der Waals surface area (Å²) >= 11 is 0. The van der Waals surface area contributed by atoms with E-state index in [9.17, 15) is 15.0 Å². The minimum absolute atomic E-state index is 0.161. The van der Waals surface area contributed by atoms with Crippen LogP contribution in [0.3, 0.4) is 0 Å². The average Bonchev–Trinajstić information content (AvgIpc) is 2.37. The minimum atomic E-state index is -1.06. The number of nitrogens with zero attached hydrogens (tertiary/aromatic N) is 1. The predicted octanol–water partition coefficient (Wildman–Crippen LogP) is 2.63. The third-order valence-corrected chi connectivity index (χ3v) is 3.33. The number of hydrogen-bond donors (Lipinski definition) is 2. The lowest BCUT2D eigenvalue weighted by Gasteiger charge is -2.23. The molecular formula is C15H17NO3. The normalized spacial score (nSPS) is 14.5. The van der Waals surface area contributed by atoms with Gasteiger partial charge < -0.3 is 10.2 Å². The Balaban J connectivity index is 2.51. The summed E-state index contributed by atoms with van der Waals surface area (Å²) in [6.45, 7) is 3.58. The van der Waals surface area contributed by atoms with Crippen molar-refractivity contribution in [3.05, 3.63) is 42.1 Å². The molecule has 4 nitrogen and oxygen atoms in total. The van der Waals surface area contributed by atoms with Crippen LogP contribution in [-0.4, -0.2) is 21.2 Å². The molecule has 4 heteroatoms. The number of pyridine rings is 1. The molecule has 0 aliphatic carbocycles. The Morgan fingerprint density at radius 1 is 1.21 bits per heavy atom. The van der Waals surface area contributed by atoms with E-state index in [0.717, 1.165) is 5.39 Å². The lowest BCUT2D eigenvalue weighted by Crippen LogP contribution is -2.27. The van der Waals surface area contributed by atoms with Crippen LogP contribution in [0.25, 0.3) is 10.9 Å². The van der Waals surface area contributed by atoms with E-state index < -0.39 is 18.0 Å². The molecule has 0 saturated heterocycles. The lowest BCUT2D eigenvalue weighted by molar-refractivity contribution is -0.148. The molecule has 0 spiro atoms. The number of para-hydroxylation sites is 1. The van der Waals surface area contributed by atoms with Gasteiger partial charge in [-0.1, -0.05) is 38.1 Å². The van der Waals surface area contributed by atoms with Gasteiger partial charge in [0.2, 0.25) is 0 Å². The van der Waals surface area contributed by atoms with Gasteiger partial charge >= 0.3 is 5.97 Å². The highest BCUT2D eigenvalue weighted by molar-refractivity contribution is 5.83. The van der Waals surface area contributed by atoms with Crippen molar-refractivity contribution in [3.8, 4) is 0 Å². The first-order valence-corrected chi connectivity index (χ1v) is 6.27. The molecule has 19 heavy (non-hydrogen) atoms. The van der Waals surface area contributed by atoms with Gasteiger partial charge in [0, 0.05) is 17.1 Å². The van der Waals surface area contributed by atoms with Crippen LogP contribution in [0, 0.1) is 11.8 Å². The number of aliphatic hydroxyl groups is 1. The molecule has 0 fully saturated rings. The summed E-state index contributed by atoms with van der Waals surface area (Å²) in [6, 6.07) is 9.14. The van der Waals surface area contributed by atoms with Gasteiger partial charge in [-0.15, -0.1) is 0 Å². The summed E-state index contributed by atoms with van der Waals surface area (Å²) in [7, 11) is 0. The number of aliphatic carboxylic acids is 1. The number of carboxylic acid groups (broad SMARTS) is 1. The van der Waals surface area contributed by atoms with E-state index in [0.29, 0.717) is 11.1 Å². The maximum atomic E-state index is 11.3. The molecule has 0 aliphatic heterocycles. The van der Waals surface area contributed by atoms with Crippen LogP contribution in [0.4, 0.5) is 0 Å². The molecule has 1 aromatic heterocycles. The molecule has 0 bridgehead atoms. The van der Waals surface area contributed by atoms with Crippen molar-refractivity contribution < 1.29 is 15.0 Å². The monoisotopic (exact) mass is 259 g/mol. The van der Waals surface area contributed by atoms with Crippen LogP contribution in [-0.2, 0) is 4.79 Å². The number of benzene rings is 1. The molecule has 2 N–H and O–H groups in total. The van der Waals surface area contributed by atoms with Crippen molar-refractivity contribution in [1.29, 1.82) is 0 Å². The SMILES string of the molecule is CC(C)C(C(=O)O)C(O)c1cccc2cccnc12. The summed E-state index contributed by atoms with van der Waals surface area (Å²) in [4.78, 5) is 15.6. The number of aliphatic hydroxyl groups excluding tert-OH is 1. The topological polar surface area (TPSA) is 70.4 Å². The minimum Gasteiger partial charge on any atom is -0.481 e. The maximum absolute atomic E-state index is 11.3. The maximum Gasteiger partial charge on any atom is 0.309 e. The van der Waals surface area contributed by atoms with E-state index >= 15 is 0 Å². The Bertz CT molecular complexity index is 589. The molecular weight excluding hydrogens is 242 g/mol. The summed E-state index contributed by atoms with van der Waals surface area (Å²) < 4.78 is 0. The second-order valence-electron chi connectivity index (χ2n) is 4.98. The number of aromatic nitrogens is 1. The van der Waals surface area contributed by atoms with Gasteiger partial charge in [0.05, 0.1) is 17.5 Å².